The quantitative estimate of drug-likeness (QED) is 0.393. The molecule has 0 saturated heterocycles. The molecule has 0 spiro atoms. The highest BCUT2D eigenvalue weighted by Gasteiger charge is 2.70. The minimum Gasteiger partial charge on any atom is -0.478 e. The first kappa shape index (κ1) is 28.2. The number of hydrogen-bond donors (Lipinski definition) is 4. The van der Waals surface area contributed by atoms with E-state index in [0.717, 1.165) is 11.1 Å². The Bertz CT molecular complexity index is 1090. The Kier molecular flexibility index (Phi) is 6.74. The van der Waals surface area contributed by atoms with Crippen molar-refractivity contribution in [2.45, 2.75) is 105 Å². The molecule has 4 rings (SSSR count). The molecule has 0 radical (unpaired) electrons. The predicted molar refractivity (Wildman–Crippen MR) is 138 cm³/mol. The van der Waals surface area contributed by atoms with Gasteiger partial charge in [0.15, 0.2) is 5.78 Å². The zero-order valence-electron chi connectivity index (χ0n) is 23.2. The molecule has 0 heterocycles. The molecule has 2 saturated carbocycles. The van der Waals surface area contributed by atoms with E-state index in [1.54, 1.807) is 13.0 Å². The van der Waals surface area contributed by atoms with E-state index in [0.29, 0.717) is 44.9 Å². The molecule has 7 heteroatoms. The van der Waals surface area contributed by atoms with Crippen LogP contribution in [0.2, 0.25) is 0 Å². The summed E-state index contributed by atoms with van der Waals surface area (Å²) in [5.41, 5.74) is -2.03. The number of rotatable bonds is 6. The summed E-state index contributed by atoms with van der Waals surface area (Å²) in [4.78, 5) is 38.1. The number of fused-ring (bicyclic) bond motifs is 4. The Balaban J connectivity index is 1.75. The topological polar surface area (TPSA) is 132 Å². The van der Waals surface area contributed by atoms with Gasteiger partial charge in [0.05, 0.1) is 23.7 Å². The number of aliphatic carboxylic acids is 1. The molecule has 0 aromatic carbocycles. The molecule has 0 aromatic rings. The number of hydrogen-bond acceptors (Lipinski definition) is 6. The fourth-order valence-electron chi connectivity index (χ4n) is 9.15. The summed E-state index contributed by atoms with van der Waals surface area (Å²) >= 11 is 0. The van der Waals surface area contributed by atoms with Gasteiger partial charge in [-0.1, -0.05) is 39.3 Å². The van der Waals surface area contributed by atoms with Gasteiger partial charge in [-0.25, -0.2) is 4.79 Å². The number of allylic oxidation sites excluding steroid dienone is 2. The first-order chi connectivity index (χ1) is 17.0. The number of carboxylic acid groups (broad SMARTS) is 1. The molecule has 2 fully saturated rings. The number of carboxylic acids is 1. The van der Waals surface area contributed by atoms with Crippen molar-refractivity contribution in [2.75, 3.05) is 6.61 Å². The molecular formula is C30H44O7. The van der Waals surface area contributed by atoms with Crippen molar-refractivity contribution in [3.8, 4) is 0 Å². The van der Waals surface area contributed by atoms with E-state index in [1.807, 2.05) is 20.8 Å². The Morgan fingerprint density at radius 1 is 1.16 bits per heavy atom. The van der Waals surface area contributed by atoms with Crippen molar-refractivity contribution in [2.24, 2.45) is 33.5 Å². The van der Waals surface area contributed by atoms with Gasteiger partial charge in [-0.15, -0.1) is 0 Å². The Labute approximate surface area is 220 Å². The standard InChI is InChI=1S/C30H44O7/c1-17(25(35)36)8-7-12-29(5,37)21-14-23(34)30(6)18-9-10-20-26(2,13-11-22(33)27(20,3)16-31)24(18)19(32)15-28(21,30)4/h8,20-21,23,31,34,37H,7,9-16H2,1-6H3,(H,35,36)/b17-8+/t20-,21+,23+,26+,27+,28-,29+,30-/m1/s1. The average molecular weight is 517 g/mol. The smallest absolute Gasteiger partial charge is 0.330 e. The van der Waals surface area contributed by atoms with Gasteiger partial charge >= 0.3 is 5.97 Å². The third-order valence-electron chi connectivity index (χ3n) is 11.6. The summed E-state index contributed by atoms with van der Waals surface area (Å²) in [7, 11) is 0. The first-order valence-electron chi connectivity index (χ1n) is 13.7. The van der Waals surface area contributed by atoms with Crippen molar-refractivity contribution in [1.29, 1.82) is 0 Å². The van der Waals surface area contributed by atoms with Crippen LogP contribution in [0.4, 0.5) is 0 Å². The van der Waals surface area contributed by atoms with E-state index in [2.05, 4.69) is 6.92 Å². The van der Waals surface area contributed by atoms with Crippen LogP contribution in [0.5, 0.6) is 0 Å². The molecule has 4 N–H and O–H groups in total. The predicted octanol–water partition coefficient (Wildman–Crippen LogP) is 3.99. The van der Waals surface area contributed by atoms with Crippen LogP contribution in [-0.2, 0) is 14.4 Å². The van der Waals surface area contributed by atoms with E-state index >= 15 is 0 Å². The first-order valence-corrected chi connectivity index (χ1v) is 13.7. The van der Waals surface area contributed by atoms with E-state index < -0.39 is 39.3 Å². The van der Waals surface area contributed by atoms with Gasteiger partial charge in [0, 0.05) is 34.8 Å². The summed E-state index contributed by atoms with van der Waals surface area (Å²) in [6, 6.07) is 0. The highest BCUT2D eigenvalue weighted by atomic mass is 16.4. The Hall–Kier alpha value is -1.83. The van der Waals surface area contributed by atoms with Crippen LogP contribution in [-0.4, -0.2) is 56.3 Å². The van der Waals surface area contributed by atoms with Crippen molar-refractivity contribution in [3.63, 3.8) is 0 Å². The highest BCUT2D eigenvalue weighted by Crippen LogP contribution is 2.71. The second kappa shape index (κ2) is 8.85. The lowest BCUT2D eigenvalue weighted by Crippen LogP contribution is -2.59. The van der Waals surface area contributed by atoms with Crippen molar-refractivity contribution < 1.29 is 34.8 Å². The SMILES string of the molecule is C/C(=C\CC[C@](C)(O)[C@H]1C[C@H](O)[C@@]2(C)C3=C(C(=O)C[C@]12C)[C@@]1(C)CCC(=O)[C@@](C)(CO)[C@@H]1CC3)C(=O)O. The monoisotopic (exact) mass is 516 g/mol. The number of carbonyl (C=O) groups is 3. The van der Waals surface area contributed by atoms with Crippen LogP contribution in [0.3, 0.4) is 0 Å². The molecule has 37 heavy (non-hydrogen) atoms. The molecule has 0 bridgehead atoms. The van der Waals surface area contributed by atoms with Crippen LogP contribution in [0.1, 0.15) is 92.9 Å². The summed E-state index contributed by atoms with van der Waals surface area (Å²) in [5.74, 6) is -1.38. The largest absolute Gasteiger partial charge is 0.478 e. The van der Waals surface area contributed by atoms with Crippen LogP contribution in [0, 0.1) is 33.5 Å². The molecule has 0 unspecified atom stereocenters. The number of aliphatic hydroxyl groups excluding tert-OH is 2. The normalized spacial score (nSPS) is 43.7. The molecule has 206 valence electrons. The Morgan fingerprint density at radius 2 is 1.81 bits per heavy atom. The molecular weight excluding hydrogens is 472 g/mol. The van der Waals surface area contributed by atoms with Crippen molar-refractivity contribution >= 4 is 17.5 Å². The van der Waals surface area contributed by atoms with E-state index in [1.165, 1.54) is 6.92 Å². The molecule has 0 amide bonds. The summed E-state index contributed by atoms with van der Waals surface area (Å²) in [6.45, 7) is 11.0. The van der Waals surface area contributed by atoms with Crippen LogP contribution in [0.25, 0.3) is 0 Å². The molecule has 7 nitrogen and oxygen atoms in total. The van der Waals surface area contributed by atoms with Crippen LogP contribution >= 0.6 is 0 Å². The van der Waals surface area contributed by atoms with Gasteiger partial charge in [0.2, 0.25) is 0 Å². The molecule has 0 aromatic heterocycles. The van der Waals surface area contributed by atoms with Crippen LogP contribution in [0.15, 0.2) is 22.8 Å². The van der Waals surface area contributed by atoms with Gasteiger partial charge in [-0.2, -0.15) is 0 Å². The van der Waals surface area contributed by atoms with Crippen molar-refractivity contribution in [1.82, 2.24) is 0 Å². The summed E-state index contributed by atoms with van der Waals surface area (Å²) < 4.78 is 0. The molecule has 0 aliphatic heterocycles. The minimum atomic E-state index is -1.20. The second-order valence-corrected chi connectivity index (χ2v) is 13.5. The Morgan fingerprint density at radius 3 is 2.41 bits per heavy atom. The number of ketones is 2. The van der Waals surface area contributed by atoms with Gasteiger partial charge in [0.1, 0.15) is 5.78 Å². The van der Waals surface area contributed by atoms with Gasteiger partial charge in [0.25, 0.3) is 0 Å². The highest BCUT2D eigenvalue weighted by molar-refractivity contribution is 6.00. The summed E-state index contributed by atoms with van der Waals surface area (Å²) in [5, 5.41) is 42.7. The summed E-state index contributed by atoms with van der Waals surface area (Å²) in [6.07, 6.45) is 4.31. The van der Waals surface area contributed by atoms with Gasteiger partial charge in [-0.05, 0) is 69.6 Å². The third-order valence-corrected chi connectivity index (χ3v) is 11.6. The van der Waals surface area contributed by atoms with Gasteiger partial charge < -0.3 is 20.4 Å². The van der Waals surface area contributed by atoms with Gasteiger partial charge in [-0.3, -0.25) is 9.59 Å². The van der Waals surface area contributed by atoms with Crippen molar-refractivity contribution in [3.05, 3.63) is 22.8 Å². The maximum atomic E-state index is 14.1. The maximum absolute atomic E-state index is 14.1. The lowest BCUT2D eigenvalue weighted by molar-refractivity contribution is -0.149. The molecule has 8 atom stereocenters. The lowest BCUT2D eigenvalue weighted by Gasteiger charge is -2.60. The molecule has 4 aliphatic rings. The van der Waals surface area contributed by atoms with E-state index in [4.69, 9.17) is 5.11 Å². The van der Waals surface area contributed by atoms with E-state index in [9.17, 15) is 29.7 Å². The fraction of sp³-hybridized carbons (Fsp3) is 0.767. The number of carbonyl (C=O) groups excluding carboxylic acids is 2. The van der Waals surface area contributed by atoms with E-state index in [-0.39, 0.29) is 42.0 Å². The maximum Gasteiger partial charge on any atom is 0.330 e. The zero-order chi connectivity index (χ0) is 27.8. The number of Topliss-reactive ketones (excluding diaryl/α,β-unsaturated/α-hetero) is 2. The molecule has 4 aliphatic carbocycles. The zero-order valence-corrected chi connectivity index (χ0v) is 23.2. The minimum absolute atomic E-state index is 0.0355. The van der Waals surface area contributed by atoms with Crippen LogP contribution < -0.4 is 0 Å². The fourth-order valence-corrected chi connectivity index (χ4v) is 9.15. The number of aliphatic hydroxyl groups is 3. The third kappa shape index (κ3) is 3.75. The average Bonchev–Trinajstić information content (AvgIpc) is 3.03. The second-order valence-electron chi connectivity index (χ2n) is 13.5. The lowest BCUT2D eigenvalue weighted by atomic mass is 9.42.